The van der Waals surface area contributed by atoms with Gasteiger partial charge in [-0.15, -0.1) is 11.3 Å². The number of aliphatic hydroxyl groups is 1. The lowest BCUT2D eigenvalue weighted by molar-refractivity contribution is -0.305. The lowest BCUT2D eigenvalue weighted by Gasteiger charge is -2.27. The molecule has 0 radical (unpaired) electrons. The van der Waals surface area contributed by atoms with Gasteiger partial charge in [-0.2, -0.15) is 0 Å². The van der Waals surface area contributed by atoms with Crippen LogP contribution in [0.15, 0.2) is 53.1 Å². The molecule has 29 heavy (non-hydrogen) atoms. The van der Waals surface area contributed by atoms with Crippen LogP contribution in [0, 0.1) is 5.82 Å². The average molecular weight is 416 g/mol. The molecule has 0 fully saturated rings. The van der Waals surface area contributed by atoms with Crippen LogP contribution in [0.2, 0.25) is 0 Å². The van der Waals surface area contributed by atoms with E-state index in [1.807, 2.05) is 0 Å². The van der Waals surface area contributed by atoms with Gasteiger partial charge >= 0.3 is 0 Å². The smallest absolute Gasteiger partial charge is 0.290 e. The normalized spacial score (nSPS) is 16.5. The molecule has 1 N–H and O–H groups in total. The van der Waals surface area contributed by atoms with E-state index in [0.29, 0.717) is 24.1 Å². The van der Waals surface area contributed by atoms with E-state index >= 15 is 0 Å². The molecule has 2 heterocycles. The van der Waals surface area contributed by atoms with E-state index < -0.39 is 35.3 Å². The van der Waals surface area contributed by atoms with E-state index in [0.717, 1.165) is 0 Å². The summed E-state index contributed by atoms with van der Waals surface area (Å²) in [4.78, 5) is 37.8. The van der Waals surface area contributed by atoms with Crippen molar-refractivity contribution in [3.8, 4) is 0 Å². The van der Waals surface area contributed by atoms with Crippen molar-refractivity contribution in [3.05, 3.63) is 69.4 Å². The second-order valence-electron chi connectivity index (χ2n) is 6.67. The highest BCUT2D eigenvalue weighted by Crippen LogP contribution is 2.40. The largest absolute Gasteiger partial charge is 0.550 e. The fraction of sp³-hybridized carbons (Fsp3) is 0.286. The van der Waals surface area contributed by atoms with Crippen LogP contribution in [-0.4, -0.2) is 34.2 Å². The molecule has 0 saturated heterocycles. The van der Waals surface area contributed by atoms with Crippen LogP contribution < -0.4 is 5.11 Å². The molecule has 0 aliphatic carbocycles. The number of halogens is 1. The highest BCUT2D eigenvalue weighted by atomic mass is 32.1. The minimum Gasteiger partial charge on any atom is -0.550 e. The monoisotopic (exact) mass is 416 g/mol. The Labute approximate surface area is 170 Å². The summed E-state index contributed by atoms with van der Waals surface area (Å²) < 4.78 is 14.6. The van der Waals surface area contributed by atoms with Crippen LogP contribution in [0.25, 0.3) is 0 Å². The molecule has 0 unspecified atom stereocenters. The summed E-state index contributed by atoms with van der Waals surface area (Å²) in [5, 5.41) is 22.7. The predicted octanol–water partition coefficient (Wildman–Crippen LogP) is 2.78. The first-order chi connectivity index (χ1) is 13.9. The molecule has 1 amide bonds. The Morgan fingerprint density at radius 1 is 1.14 bits per heavy atom. The Hall–Kier alpha value is -3.00. The number of hydrogen-bond donors (Lipinski definition) is 1. The Bertz CT molecular complexity index is 954. The standard InChI is InChI=1S/C21H20FNO5S/c22-14-8-4-3-7-13(14)18-17(19(26)15-9-6-12-29-15)20(27)21(28)23(18)11-5-1-2-10-16(24)25/h3-4,6-9,12,18,27H,1-2,5,10-11H2,(H,24,25)/p-1/t18-/m0/s1. The summed E-state index contributed by atoms with van der Waals surface area (Å²) in [5.41, 5.74) is -0.0168. The number of thiophene rings is 1. The van der Waals surface area contributed by atoms with Gasteiger partial charge in [-0.1, -0.05) is 30.7 Å². The van der Waals surface area contributed by atoms with Crippen molar-refractivity contribution >= 4 is 29.0 Å². The molecule has 8 heteroatoms. The Kier molecular flexibility index (Phi) is 6.43. The minimum absolute atomic E-state index is 0.0870. The summed E-state index contributed by atoms with van der Waals surface area (Å²) in [7, 11) is 0. The van der Waals surface area contributed by atoms with Crippen LogP contribution in [0.1, 0.15) is 47.0 Å². The number of rotatable bonds is 9. The van der Waals surface area contributed by atoms with Crippen molar-refractivity contribution in [2.75, 3.05) is 6.54 Å². The van der Waals surface area contributed by atoms with Crippen molar-refractivity contribution in [1.29, 1.82) is 0 Å². The summed E-state index contributed by atoms with van der Waals surface area (Å²) >= 11 is 1.17. The number of aliphatic carboxylic acids is 1. The Morgan fingerprint density at radius 2 is 1.90 bits per heavy atom. The highest BCUT2D eigenvalue weighted by molar-refractivity contribution is 7.12. The van der Waals surface area contributed by atoms with Crippen LogP contribution >= 0.6 is 11.3 Å². The molecule has 152 valence electrons. The number of carboxylic acid groups (broad SMARTS) is 1. The van der Waals surface area contributed by atoms with E-state index in [4.69, 9.17) is 0 Å². The van der Waals surface area contributed by atoms with Crippen LogP contribution in [0.4, 0.5) is 4.39 Å². The molecular formula is C21H19FNO5S-. The number of carbonyl (C=O) groups is 3. The maximum Gasteiger partial charge on any atom is 0.290 e. The van der Waals surface area contributed by atoms with Gasteiger partial charge in [-0.3, -0.25) is 9.59 Å². The van der Waals surface area contributed by atoms with E-state index in [9.17, 15) is 29.0 Å². The van der Waals surface area contributed by atoms with Crippen molar-refractivity contribution in [2.45, 2.75) is 31.7 Å². The summed E-state index contributed by atoms with van der Waals surface area (Å²) in [6, 6.07) is 8.04. The number of benzene rings is 1. The van der Waals surface area contributed by atoms with Gasteiger partial charge in [-0.05, 0) is 36.8 Å². The first kappa shape index (κ1) is 20.7. The molecule has 0 bridgehead atoms. The molecule has 2 aromatic rings. The maximum atomic E-state index is 14.6. The van der Waals surface area contributed by atoms with Crippen molar-refractivity contribution in [3.63, 3.8) is 0 Å². The fourth-order valence-electron chi connectivity index (χ4n) is 3.41. The number of Topliss-reactive ketones (excluding diaryl/α,β-unsaturated/α-hetero) is 1. The van der Waals surface area contributed by atoms with Crippen molar-refractivity contribution in [1.82, 2.24) is 4.90 Å². The second-order valence-corrected chi connectivity index (χ2v) is 7.62. The van der Waals surface area contributed by atoms with Gasteiger partial charge < -0.3 is 19.9 Å². The average Bonchev–Trinajstić information content (AvgIpc) is 3.30. The zero-order valence-corrected chi connectivity index (χ0v) is 16.3. The third-order valence-corrected chi connectivity index (χ3v) is 5.64. The maximum absolute atomic E-state index is 14.6. The van der Waals surface area contributed by atoms with Gasteiger partial charge in [0.15, 0.2) is 5.76 Å². The molecule has 1 aromatic carbocycles. The summed E-state index contributed by atoms with van der Waals surface area (Å²) in [6.07, 6.45) is 1.25. The molecule has 1 aromatic heterocycles. The number of hydrogen-bond acceptors (Lipinski definition) is 6. The number of unbranched alkanes of at least 4 members (excludes halogenated alkanes) is 2. The lowest BCUT2D eigenvalue weighted by atomic mass is 9.95. The Balaban J connectivity index is 1.90. The van der Waals surface area contributed by atoms with Gasteiger partial charge in [0, 0.05) is 18.1 Å². The van der Waals surface area contributed by atoms with Crippen LogP contribution in [0.3, 0.4) is 0 Å². The quantitative estimate of drug-likeness (QED) is 0.501. The van der Waals surface area contributed by atoms with E-state index in [-0.39, 0.29) is 24.1 Å². The molecule has 1 aliphatic heterocycles. The third-order valence-electron chi connectivity index (χ3n) is 4.77. The molecule has 0 spiro atoms. The molecule has 1 aliphatic rings. The SMILES string of the molecule is O=C([O-])CCCCCN1C(=O)C(O)=C(C(=O)c2cccs2)[C@@H]1c1ccccc1F. The predicted molar refractivity (Wildman–Crippen MR) is 103 cm³/mol. The first-order valence-electron chi connectivity index (χ1n) is 9.18. The zero-order valence-electron chi connectivity index (χ0n) is 15.5. The van der Waals surface area contributed by atoms with E-state index in [2.05, 4.69) is 0 Å². The van der Waals surface area contributed by atoms with Gasteiger partial charge in [0.25, 0.3) is 5.91 Å². The van der Waals surface area contributed by atoms with Gasteiger partial charge in [0.05, 0.1) is 16.5 Å². The number of amides is 1. The van der Waals surface area contributed by atoms with Crippen molar-refractivity contribution in [2.24, 2.45) is 0 Å². The summed E-state index contributed by atoms with van der Waals surface area (Å²) in [6.45, 7) is 0.149. The Morgan fingerprint density at radius 3 is 2.55 bits per heavy atom. The van der Waals surface area contributed by atoms with E-state index in [1.54, 1.807) is 23.6 Å². The first-order valence-corrected chi connectivity index (χ1v) is 10.1. The molecule has 6 nitrogen and oxygen atoms in total. The molecular weight excluding hydrogens is 397 g/mol. The number of carboxylic acids is 1. The topological polar surface area (TPSA) is 97.7 Å². The van der Waals surface area contributed by atoms with Crippen molar-refractivity contribution < 1.29 is 29.0 Å². The highest BCUT2D eigenvalue weighted by Gasteiger charge is 2.44. The molecule has 0 saturated carbocycles. The van der Waals surface area contributed by atoms with Gasteiger partial charge in [0.2, 0.25) is 5.78 Å². The minimum atomic E-state index is -1.14. The fourth-order valence-corrected chi connectivity index (χ4v) is 4.08. The summed E-state index contributed by atoms with van der Waals surface area (Å²) in [5.74, 6) is -3.66. The third kappa shape index (κ3) is 4.37. The lowest BCUT2D eigenvalue weighted by Crippen LogP contribution is -2.32. The number of carbonyl (C=O) groups excluding carboxylic acids is 3. The molecule has 3 rings (SSSR count). The van der Waals surface area contributed by atoms with Crippen LogP contribution in [0.5, 0.6) is 0 Å². The van der Waals surface area contributed by atoms with E-state index in [1.165, 1.54) is 34.4 Å². The van der Waals surface area contributed by atoms with Gasteiger partial charge in [0.1, 0.15) is 5.82 Å². The number of aliphatic hydroxyl groups excluding tert-OH is 1. The number of nitrogens with zero attached hydrogens (tertiary/aromatic N) is 1. The molecule has 1 atom stereocenters. The van der Waals surface area contributed by atoms with Crippen LogP contribution in [-0.2, 0) is 9.59 Å². The second kappa shape index (κ2) is 9.00. The zero-order chi connectivity index (χ0) is 21.0. The van der Waals surface area contributed by atoms with Gasteiger partial charge in [-0.25, -0.2) is 4.39 Å². The number of ketones is 1.